The minimum absolute atomic E-state index is 0.114. The van der Waals surface area contributed by atoms with Crippen LogP contribution in [0.3, 0.4) is 0 Å². The van der Waals surface area contributed by atoms with Crippen molar-refractivity contribution < 1.29 is 4.79 Å². The average Bonchev–Trinajstić information content (AvgIpc) is 3.23. The second kappa shape index (κ2) is 8.07. The zero-order valence-electron chi connectivity index (χ0n) is 15.0. The zero-order valence-corrected chi connectivity index (χ0v) is 16.6. The van der Waals surface area contributed by atoms with E-state index in [0.717, 1.165) is 25.2 Å². The van der Waals surface area contributed by atoms with Gasteiger partial charge >= 0.3 is 0 Å². The third-order valence-corrected chi connectivity index (χ3v) is 8.18. The minimum Gasteiger partial charge on any atom is -0.329 e. The van der Waals surface area contributed by atoms with E-state index in [9.17, 15) is 4.79 Å². The van der Waals surface area contributed by atoms with Crippen LogP contribution in [-0.2, 0) is 0 Å². The van der Waals surface area contributed by atoms with E-state index in [1.807, 2.05) is 46.6 Å². The maximum atomic E-state index is 13.2. The lowest BCUT2D eigenvalue weighted by Gasteiger charge is -2.40. The van der Waals surface area contributed by atoms with E-state index in [4.69, 9.17) is 0 Å². The molecule has 2 saturated heterocycles. The fraction of sp³-hybridized carbons (Fsp3) is 0.381. The van der Waals surface area contributed by atoms with Gasteiger partial charge in [0.2, 0.25) is 0 Å². The normalized spacial score (nSPS) is 21.9. The van der Waals surface area contributed by atoms with Crippen LogP contribution in [-0.4, -0.2) is 53.9 Å². The molecule has 2 aromatic carbocycles. The first kappa shape index (κ1) is 18.0. The van der Waals surface area contributed by atoms with Crippen LogP contribution in [0.1, 0.15) is 32.1 Å². The Morgan fingerprint density at radius 1 is 0.923 bits per heavy atom. The second-order valence-corrected chi connectivity index (χ2v) is 9.61. The molecule has 0 spiro atoms. The Morgan fingerprint density at radius 3 is 2.31 bits per heavy atom. The Bertz CT molecular complexity index is 744. The van der Waals surface area contributed by atoms with Crippen molar-refractivity contribution in [2.45, 2.75) is 10.6 Å². The van der Waals surface area contributed by atoms with Gasteiger partial charge in [-0.3, -0.25) is 4.79 Å². The summed E-state index contributed by atoms with van der Waals surface area (Å²) in [6, 6.07) is 18.8. The minimum atomic E-state index is 0.114. The maximum Gasteiger partial charge on any atom is 0.254 e. The first-order chi connectivity index (χ1) is 12.7. The smallest absolute Gasteiger partial charge is 0.254 e. The van der Waals surface area contributed by atoms with Gasteiger partial charge in [0.05, 0.1) is 10.6 Å². The fourth-order valence-corrected chi connectivity index (χ4v) is 6.48. The SMILES string of the molecule is CN1CCN(C(=O)c2ccc(C3SCCS3)cc2)[C@H](c2ccccc2)C1. The van der Waals surface area contributed by atoms with Crippen molar-refractivity contribution in [3.63, 3.8) is 0 Å². The van der Waals surface area contributed by atoms with Gasteiger partial charge in [0, 0.05) is 36.7 Å². The molecule has 4 rings (SSSR count). The number of amides is 1. The number of hydrogen-bond acceptors (Lipinski definition) is 4. The number of thioether (sulfide) groups is 2. The van der Waals surface area contributed by atoms with Crippen LogP contribution in [0.5, 0.6) is 0 Å². The van der Waals surface area contributed by atoms with Gasteiger partial charge in [0.1, 0.15) is 0 Å². The van der Waals surface area contributed by atoms with Crippen molar-refractivity contribution in [3.8, 4) is 0 Å². The number of carbonyl (C=O) groups excluding carboxylic acids is 1. The highest BCUT2D eigenvalue weighted by Crippen LogP contribution is 2.45. The van der Waals surface area contributed by atoms with Crippen LogP contribution in [0.2, 0.25) is 0 Å². The highest BCUT2D eigenvalue weighted by molar-refractivity contribution is 8.19. The molecule has 0 N–H and O–H groups in total. The topological polar surface area (TPSA) is 23.6 Å². The summed E-state index contributed by atoms with van der Waals surface area (Å²) in [6.07, 6.45) is 0. The number of benzene rings is 2. The molecule has 0 bridgehead atoms. The highest BCUT2D eigenvalue weighted by atomic mass is 32.2. The van der Waals surface area contributed by atoms with Crippen molar-refractivity contribution in [1.82, 2.24) is 9.80 Å². The molecule has 2 aliphatic heterocycles. The summed E-state index contributed by atoms with van der Waals surface area (Å²) >= 11 is 4.00. The molecule has 0 aliphatic carbocycles. The van der Waals surface area contributed by atoms with Crippen molar-refractivity contribution in [1.29, 1.82) is 0 Å². The van der Waals surface area contributed by atoms with Gasteiger partial charge in [-0.2, -0.15) is 0 Å². The Morgan fingerprint density at radius 2 is 1.62 bits per heavy atom. The molecule has 1 atom stereocenters. The molecule has 0 radical (unpaired) electrons. The van der Waals surface area contributed by atoms with E-state index < -0.39 is 0 Å². The number of likely N-dealkylation sites (N-methyl/N-ethyl adjacent to an activating group) is 1. The first-order valence-corrected chi connectivity index (χ1v) is 11.2. The van der Waals surface area contributed by atoms with E-state index in [0.29, 0.717) is 4.58 Å². The van der Waals surface area contributed by atoms with E-state index in [1.165, 1.54) is 22.6 Å². The third kappa shape index (κ3) is 3.80. The maximum absolute atomic E-state index is 13.2. The fourth-order valence-electron chi connectivity index (χ4n) is 3.62. The van der Waals surface area contributed by atoms with Crippen molar-refractivity contribution in [3.05, 3.63) is 71.3 Å². The van der Waals surface area contributed by atoms with Gasteiger partial charge in [-0.25, -0.2) is 0 Å². The molecule has 1 amide bonds. The number of nitrogens with zero attached hydrogens (tertiary/aromatic N) is 2. The Balaban J connectivity index is 1.55. The molecule has 0 unspecified atom stereocenters. The molecule has 2 fully saturated rings. The monoisotopic (exact) mass is 384 g/mol. The van der Waals surface area contributed by atoms with Gasteiger partial charge in [-0.15, -0.1) is 23.5 Å². The van der Waals surface area contributed by atoms with Crippen molar-refractivity contribution in [2.24, 2.45) is 0 Å². The van der Waals surface area contributed by atoms with Crippen molar-refractivity contribution >= 4 is 29.4 Å². The lowest BCUT2D eigenvalue weighted by molar-refractivity contribution is 0.0498. The predicted molar refractivity (Wildman–Crippen MR) is 112 cm³/mol. The number of carbonyl (C=O) groups is 1. The highest BCUT2D eigenvalue weighted by Gasteiger charge is 2.31. The third-order valence-electron chi connectivity index (χ3n) is 5.08. The van der Waals surface area contributed by atoms with E-state index in [-0.39, 0.29) is 11.9 Å². The van der Waals surface area contributed by atoms with Gasteiger partial charge in [0.25, 0.3) is 5.91 Å². The zero-order chi connectivity index (χ0) is 17.9. The molecule has 3 nitrogen and oxygen atoms in total. The summed E-state index contributed by atoms with van der Waals surface area (Å²) in [5.74, 6) is 2.58. The van der Waals surface area contributed by atoms with Crippen LogP contribution >= 0.6 is 23.5 Å². The molecule has 0 aromatic heterocycles. The van der Waals surface area contributed by atoms with Crippen LogP contribution in [0, 0.1) is 0 Å². The Hall–Kier alpha value is -1.43. The largest absolute Gasteiger partial charge is 0.329 e. The van der Waals surface area contributed by atoms with Crippen molar-refractivity contribution in [2.75, 3.05) is 38.2 Å². The first-order valence-electron chi connectivity index (χ1n) is 9.10. The Kier molecular flexibility index (Phi) is 5.57. The lowest BCUT2D eigenvalue weighted by Crippen LogP contribution is -2.49. The van der Waals surface area contributed by atoms with Gasteiger partial charge in [-0.05, 0) is 30.3 Å². The molecular formula is C21H24N2OS2. The number of rotatable bonds is 3. The van der Waals surface area contributed by atoms with Crippen LogP contribution in [0.25, 0.3) is 0 Å². The lowest BCUT2D eigenvalue weighted by atomic mass is 10.0. The quantitative estimate of drug-likeness (QED) is 0.787. The van der Waals surface area contributed by atoms with E-state index in [2.05, 4.69) is 48.3 Å². The Labute approximate surface area is 164 Å². The standard InChI is InChI=1S/C21H24N2OS2/c1-22-11-12-23(19(15-22)16-5-3-2-4-6-16)20(24)17-7-9-18(10-8-17)21-25-13-14-26-21/h2-10,19,21H,11-15H2,1H3/t19-/m0/s1. The number of hydrogen-bond donors (Lipinski definition) is 0. The van der Waals surface area contributed by atoms with Crippen LogP contribution in [0.4, 0.5) is 0 Å². The average molecular weight is 385 g/mol. The summed E-state index contributed by atoms with van der Waals surface area (Å²) in [5.41, 5.74) is 3.34. The molecule has 0 saturated carbocycles. The van der Waals surface area contributed by atoms with E-state index in [1.54, 1.807) is 0 Å². The molecular weight excluding hydrogens is 360 g/mol. The summed E-state index contributed by atoms with van der Waals surface area (Å²) in [5, 5.41) is 0. The molecule has 5 heteroatoms. The summed E-state index contributed by atoms with van der Waals surface area (Å²) in [4.78, 5) is 17.6. The van der Waals surface area contributed by atoms with Crippen LogP contribution < -0.4 is 0 Å². The number of piperazine rings is 1. The van der Waals surface area contributed by atoms with Gasteiger partial charge < -0.3 is 9.80 Å². The summed E-state index contributed by atoms with van der Waals surface area (Å²) in [6.45, 7) is 2.57. The second-order valence-electron chi connectivity index (χ2n) is 6.88. The van der Waals surface area contributed by atoms with Gasteiger partial charge in [0.15, 0.2) is 0 Å². The molecule has 136 valence electrons. The molecule has 2 heterocycles. The molecule has 26 heavy (non-hydrogen) atoms. The van der Waals surface area contributed by atoms with E-state index >= 15 is 0 Å². The summed E-state index contributed by atoms with van der Waals surface area (Å²) < 4.78 is 0.528. The molecule has 2 aliphatic rings. The van der Waals surface area contributed by atoms with Crippen LogP contribution in [0.15, 0.2) is 54.6 Å². The molecule has 2 aromatic rings. The predicted octanol–water partition coefficient (Wildman–Crippen LogP) is 4.29. The van der Waals surface area contributed by atoms with Gasteiger partial charge in [-0.1, -0.05) is 42.5 Å². The summed E-state index contributed by atoms with van der Waals surface area (Å²) in [7, 11) is 2.13.